The third kappa shape index (κ3) is 4.26. The number of aromatic nitrogens is 2. The van der Waals surface area contributed by atoms with Crippen molar-refractivity contribution >= 4 is 11.9 Å². The lowest BCUT2D eigenvalue weighted by Gasteiger charge is -2.20. The monoisotopic (exact) mass is 239 g/mol. The number of carboxylic acid groups (broad SMARTS) is 1. The Balaban J connectivity index is 2.74. The minimum Gasteiger partial charge on any atom is -0.481 e. The van der Waals surface area contributed by atoms with E-state index in [1.54, 1.807) is 12.3 Å². The molecule has 0 radical (unpaired) electrons. The summed E-state index contributed by atoms with van der Waals surface area (Å²) in [7, 11) is 1.52. The Morgan fingerprint density at radius 1 is 1.59 bits per heavy atom. The SMILES string of the molecule is COc1ccnc(NC(CC(=O)O)C(C)C)n1. The number of carbonyl (C=O) groups is 1. The lowest BCUT2D eigenvalue weighted by molar-refractivity contribution is -0.137. The lowest BCUT2D eigenvalue weighted by atomic mass is 10.0. The molecule has 0 saturated carbocycles. The predicted molar refractivity (Wildman–Crippen MR) is 63.1 cm³/mol. The van der Waals surface area contributed by atoms with Gasteiger partial charge >= 0.3 is 5.97 Å². The van der Waals surface area contributed by atoms with Crippen LogP contribution in [0.2, 0.25) is 0 Å². The summed E-state index contributed by atoms with van der Waals surface area (Å²) in [5.41, 5.74) is 0. The average molecular weight is 239 g/mol. The normalized spacial score (nSPS) is 12.2. The Labute approximate surface area is 100 Å². The molecule has 1 rings (SSSR count). The summed E-state index contributed by atoms with van der Waals surface area (Å²) in [5, 5.41) is 11.8. The van der Waals surface area contributed by atoms with Crippen molar-refractivity contribution in [3.8, 4) is 5.88 Å². The minimum absolute atomic E-state index is 0.0260. The molecule has 17 heavy (non-hydrogen) atoms. The van der Waals surface area contributed by atoms with E-state index in [-0.39, 0.29) is 18.4 Å². The molecule has 0 aromatic carbocycles. The predicted octanol–water partition coefficient (Wildman–Crippen LogP) is 1.40. The van der Waals surface area contributed by atoms with E-state index in [2.05, 4.69) is 15.3 Å². The molecule has 2 N–H and O–H groups in total. The molecule has 0 spiro atoms. The van der Waals surface area contributed by atoms with Crippen molar-refractivity contribution in [1.82, 2.24) is 9.97 Å². The van der Waals surface area contributed by atoms with Crippen molar-refractivity contribution in [2.24, 2.45) is 5.92 Å². The van der Waals surface area contributed by atoms with Crippen molar-refractivity contribution in [3.63, 3.8) is 0 Å². The molecule has 0 aliphatic rings. The van der Waals surface area contributed by atoms with E-state index in [1.165, 1.54) is 7.11 Å². The van der Waals surface area contributed by atoms with E-state index in [1.807, 2.05) is 13.8 Å². The molecule has 6 nitrogen and oxygen atoms in total. The highest BCUT2D eigenvalue weighted by Gasteiger charge is 2.18. The number of ether oxygens (including phenoxy) is 1. The van der Waals surface area contributed by atoms with Gasteiger partial charge in [-0.05, 0) is 5.92 Å². The number of nitrogens with one attached hydrogen (secondary N) is 1. The number of nitrogens with zero attached hydrogens (tertiary/aromatic N) is 2. The van der Waals surface area contributed by atoms with Gasteiger partial charge in [-0.2, -0.15) is 4.98 Å². The summed E-state index contributed by atoms with van der Waals surface area (Å²) in [4.78, 5) is 18.8. The van der Waals surface area contributed by atoms with Gasteiger partial charge in [-0.1, -0.05) is 13.8 Å². The van der Waals surface area contributed by atoms with Crippen LogP contribution in [0, 0.1) is 5.92 Å². The van der Waals surface area contributed by atoms with E-state index in [4.69, 9.17) is 9.84 Å². The maximum Gasteiger partial charge on any atom is 0.305 e. The van der Waals surface area contributed by atoms with E-state index in [0.29, 0.717) is 11.8 Å². The van der Waals surface area contributed by atoms with Crippen LogP contribution in [-0.4, -0.2) is 34.2 Å². The van der Waals surface area contributed by atoms with E-state index in [0.717, 1.165) is 0 Å². The molecule has 1 unspecified atom stereocenters. The third-order valence-electron chi connectivity index (χ3n) is 2.35. The zero-order valence-corrected chi connectivity index (χ0v) is 10.2. The molecule has 1 atom stereocenters. The molecule has 0 amide bonds. The molecule has 0 fully saturated rings. The Morgan fingerprint density at radius 3 is 2.82 bits per heavy atom. The van der Waals surface area contributed by atoms with Crippen LogP contribution in [-0.2, 0) is 4.79 Å². The quantitative estimate of drug-likeness (QED) is 0.780. The maximum atomic E-state index is 10.7. The van der Waals surface area contributed by atoms with Crippen LogP contribution in [0.4, 0.5) is 5.95 Å². The Kier molecular flexibility index (Phi) is 4.68. The van der Waals surface area contributed by atoms with Crippen LogP contribution in [0.1, 0.15) is 20.3 Å². The van der Waals surface area contributed by atoms with Gasteiger partial charge in [-0.25, -0.2) is 4.98 Å². The van der Waals surface area contributed by atoms with Crippen molar-refractivity contribution in [1.29, 1.82) is 0 Å². The molecule has 1 heterocycles. The summed E-state index contributed by atoms with van der Waals surface area (Å²) in [6.45, 7) is 3.89. The largest absolute Gasteiger partial charge is 0.481 e. The Hall–Kier alpha value is -1.85. The van der Waals surface area contributed by atoms with Crippen molar-refractivity contribution in [3.05, 3.63) is 12.3 Å². The average Bonchev–Trinajstić information content (AvgIpc) is 2.27. The first-order chi connectivity index (χ1) is 8.02. The number of carboxylic acids is 1. The number of aliphatic carboxylic acids is 1. The first kappa shape index (κ1) is 13.2. The smallest absolute Gasteiger partial charge is 0.305 e. The number of hydrogen-bond acceptors (Lipinski definition) is 5. The molecule has 94 valence electrons. The van der Waals surface area contributed by atoms with Crippen LogP contribution in [0.5, 0.6) is 5.88 Å². The summed E-state index contributed by atoms with van der Waals surface area (Å²) in [6.07, 6.45) is 1.59. The van der Waals surface area contributed by atoms with Gasteiger partial charge in [0.15, 0.2) is 0 Å². The summed E-state index contributed by atoms with van der Waals surface area (Å²) in [5.74, 6) is 0.143. The molecule has 0 bridgehead atoms. The summed E-state index contributed by atoms with van der Waals surface area (Å²) >= 11 is 0. The van der Waals surface area contributed by atoms with Gasteiger partial charge in [0.1, 0.15) is 0 Å². The molecule has 0 aliphatic heterocycles. The number of rotatable bonds is 6. The second kappa shape index (κ2) is 6.03. The molecule has 0 aliphatic carbocycles. The zero-order valence-electron chi connectivity index (χ0n) is 10.2. The van der Waals surface area contributed by atoms with Crippen LogP contribution in [0.25, 0.3) is 0 Å². The molecular formula is C11H17N3O3. The Morgan fingerprint density at radius 2 is 2.29 bits per heavy atom. The fourth-order valence-corrected chi connectivity index (χ4v) is 1.33. The topological polar surface area (TPSA) is 84.3 Å². The molecule has 1 aromatic rings. The number of hydrogen-bond donors (Lipinski definition) is 2. The fraction of sp³-hybridized carbons (Fsp3) is 0.545. The van der Waals surface area contributed by atoms with Crippen LogP contribution in [0.3, 0.4) is 0 Å². The maximum absolute atomic E-state index is 10.7. The second-order valence-electron chi connectivity index (χ2n) is 4.02. The van der Waals surface area contributed by atoms with Gasteiger partial charge in [0.25, 0.3) is 0 Å². The van der Waals surface area contributed by atoms with Gasteiger partial charge in [0.2, 0.25) is 11.8 Å². The van der Waals surface area contributed by atoms with Crippen LogP contribution < -0.4 is 10.1 Å². The first-order valence-corrected chi connectivity index (χ1v) is 5.38. The zero-order chi connectivity index (χ0) is 12.8. The lowest BCUT2D eigenvalue weighted by Crippen LogP contribution is -2.29. The fourth-order valence-electron chi connectivity index (χ4n) is 1.33. The van der Waals surface area contributed by atoms with Gasteiger partial charge in [0, 0.05) is 18.3 Å². The molecule has 0 saturated heterocycles. The second-order valence-corrected chi connectivity index (χ2v) is 4.02. The van der Waals surface area contributed by atoms with E-state index in [9.17, 15) is 4.79 Å². The van der Waals surface area contributed by atoms with Crippen molar-refractivity contribution < 1.29 is 14.6 Å². The number of methoxy groups -OCH3 is 1. The van der Waals surface area contributed by atoms with Gasteiger partial charge in [-0.3, -0.25) is 4.79 Å². The summed E-state index contributed by atoms with van der Waals surface area (Å²) < 4.78 is 4.97. The highest BCUT2D eigenvalue weighted by atomic mass is 16.5. The number of anilines is 1. The first-order valence-electron chi connectivity index (χ1n) is 5.38. The molecule has 6 heteroatoms. The van der Waals surface area contributed by atoms with Crippen LogP contribution >= 0.6 is 0 Å². The van der Waals surface area contributed by atoms with Crippen molar-refractivity contribution in [2.75, 3.05) is 12.4 Å². The van der Waals surface area contributed by atoms with Gasteiger partial charge in [-0.15, -0.1) is 0 Å². The van der Waals surface area contributed by atoms with Crippen molar-refractivity contribution in [2.45, 2.75) is 26.3 Å². The third-order valence-corrected chi connectivity index (χ3v) is 2.35. The van der Waals surface area contributed by atoms with Gasteiger partial charge in [0.05, 0.1) is 13.5 Å². The standard InChI is InChI=1S/C11H17N3O3/c1-7(2)8(6-10(15)16)13-11-12-5-4-9(14-11)17-3/h4-5,7-8H,6H2,1-3H3,(H,15,16)(H,12,13,14). The highest BCUT2D eigenvalue weighted by molar-refractivity contribution is 5.68. The van der Waals surface area contributed by atoms with E-state index < -0.39 is 5.97 Å². The molecular weight excluding hydrogens is 222 g/mol. The summed E-state index contributed by atoms with van der Waals surface area (Å²) in [6, 6.07) is 1.42. The minimum atomic E-state index is -0.848. The van der Waals surface area contributed by atoms with Gasteiger partial charge < -0.3 is 15.2 Å². The van der Waals surface area contributed by atoms with E-state index >= 15 is 0 Å². The molecule has 1 aromatic heterocycles. The highest BCUT2D eigenvalue weighted by Crippen LogP contribution is 2.14. The van der Waals surface area contributed by atoms with Crippen LogP contribution in [0.15, 0.2) is 12.3 Å². The Bertz CT molecular complexity index is 382.